The molecule has 1 aliphatic rings. The van der Waals surface area contributed by atoms with Crippen LogP contribution in [-0.4, -0.2) is 36.2 Å². The molecule has 5 nitrogen and oxygen atoms in total. The first-order chi connectivity index (χ1) is 12.6. The number of hydrogen-bond acceptors (Lipinski definition) is 3. The number of amides is 2. The molecule has 2 amide bonds. The van der Waals surface area contributed by atoms with Crippen molar-refractivity contribution in [3.8, 4) is 11.5 Å². The zero-order chi connectivity index (χ0) is 18.4. The number of nitrogens with one attached hydrogen (secondary N) is 1. The fourth-order valence-electron chi connectivity index (χ4n) is 3.36. The van der Waals surface area contributed by atoms with E-state index in [9.17, 15) is 9.90 Å². The minimum atomic E-state index is -0.0461. The van der Waals surface area contributed by atoms with E-state index < -0.39 is 0 Å². The van der Waals surface area contributed by atoms with E-state index in [1.807, 2.05) is 41.3 Å². The van der Waals surface area contributed by atoms with Crippen LogP contribution in [0.4, 0.5) is 10.5 Å². The van der Waals surface area contributed by atoms with E-state index >= 15 is 0 Å². The maximum atomic E-state index is 12.4. The lowest BCUT2D eigenvalue weighted by Gasteiger charge is -2.32. The van der Waals surface area contributed by atoms with Crippen molar-refractivity contribution >= 4 is 11.7 Å². The van der Waals surface area contributed by atoms with Gasteiger partial charge in [-0.3, -0.25) is 0 Å². The molecule has 0 atom stereocenters. The van der Waals surface area contributed by atoms with Gasteiger partial charge in [-0.15, -0.1) is 0 Å². The summed E-state index contributed by atoms with van der Waals surface area (Å²) >= 11 is 0. The lowest BCUT2D eigenvalue weighted by atomic mass is 9.90. The van der Waals surface area contributed by atoms with Gasteiger partial charge in [0.2, 0.25) is 0 Å². The Bertz CT molecular complexity index is 722. The second kappa shape index (κ2) is 8.61. The largest absolute Gasteiger partial charge is 0.508 e. The highest BCUT2D eigenvalue weighted by Crippen LogP contribution is 2.24. The van der Waals surface area contributed by atoms with Gasteiger partial charge in [-0.1, -0.05) is 18.2 Å². The van der Waals surface area contributed by atoms with Crippen molar-refractivity contribution in [1.82, 2.24) is 4.90 Å². The molecule has 0 radical (unpaired) electrons. The number of ether oxygens (including phenoxy) is 1. The quantitative estimate of drug-likeness (QED) is 0.842. The van der Waals surface area contributed by atoms with Gasteiger partial charge in [0.1, 0.15) is 11.5 Å². The Hall–Kier alpha value is -2.69. The highest BCUT2D eigenvalue weighted by Gasteiger charge is 2.22. The van der Waals surface area contributed by atoms with Gasteiger partial charge in [0.15, 0.2) is 0 Å². The molecule has 0 aliphatic carbocycles. The molecule has 1 fully saturated rings. The number of nitrogens with zero attached hydrogens (tertiary/aromatic N) is 1. The Balaban J connectivity index is 1.43. The molecule has 1 saturated heterocycles. The minimum absolute atomic E-state index is 0.0461. The van der Waals surface area contributed by atoms with Crippen LogP contribution in [-0.2, 0) is 6.42 Å². The van der Waals surface area contributed by atoms with E-state index in [-0.39, 0.29) is 6.03 Å². The summed E-state index contributed by atoms with van der Waals surface area (Å²) in [5.74, 6) is 1.68. The molecular formula is C21H26N2O3. The van der Waals surface area contributed by atoms with Gasteiger partial charge in [0.25, 0.3) is 0 Å². The van der Waals surface area contributed by atoms with Crippen molar-refractivity contribution in [2.24, 2.45) is 5.92 Å². The van der Waals surface area contributed by atoms with E-state index in [1.165, 1.54) is 5.56 Å². The fraction of sp³-hybridized carbons (Fsp3) is 0.381. The predicted molar refractivity (Wildman–Crippen MR) is 103 cm³/mol. The first kappa shape index (κ1) is 18.1. The Morgan fingerprint density at radius 3 is 2.62 bits per heavy atom. The van der Waals surface area contributed by atoms with Crippen LogP contribution in [0.5, 0.6) is 11.5 Å². The maximum absolute atomic E-state index is 12.4. The standard InChI is InChI=1S/C21H26N2O3/c1-26-20-4-2-3-18(15-20)22-21(25)23-13-11-17(12-14-23)6-5-16-7-9-19(24)10-8-16/h2-4,7-10,15,17,24H,5-6,11-14H2,1H3,(H,22,25). The van der Waals surface area contributed by atoms with Gasteiger partial charge in [-0.25, -0.2) is 4.79 Å². The summed E-state index contributed by atoms with van der Waals surface area (Å²) in [6.45, 7) is 1.58. The van der Waals surface area contributed by atoms with Crippen LogP contribution in [0.1, 0.15) is 24.8 Å². The monoisotopic (exact) mass is 354 g/mol. The molecule has 1 heterocycles. The summed E-state index contributed by atoms with van der Waals surface area (Å²) in [6.07, 6.45) is 4.20. The van der Waals surface area contributed by atoms with Crippen molar-refractivity contribution < 1.29 is 14.6 Å². The number of anilines is 1. The average molecular weight is 354 g/mol. The number of urea groups is 1. The number of aromatic hydroxyl groups is 1. The topological polar surface area (TPSA) is 61.8 Å². The summed E-state index contributed by atoms with van der Waals surface area (Å²) in [5, 5.41) is 12.3. The van der Waals surface area contributed by atoms with Crippen LogP contribution < -0.4 is 10.1 Å². The minimum Gasteiger partial charge on any atom is -0.508 e. The molecule has 0 saturated carbocycles. The summed E-state index contributed by atoms with van der Waals surface area (Å²) < 4.78 is 5.19. The van der Waals surface area contributed by atoms with E-state index in [0.717, 1.165) is 50.2 Å². The highest BCUT2D eigenvalue weighted by atomic mass is 16.5. The molecule has 26 heavy (non-hydrogen) atoms. The zero-order valence-corrected chi connectivity index (χ0v) is 15.1. The van der Waals surface area contributed by atoms with Crippen molar-refractivity contribution in [3.05, 3.63) is 54.1 Å². The van der Waals surface area contributed by atoms with Crippen LogP contribution in [0, 0.1) is 5.92 Å². The maximum Gasteiger partial charge on any atom is 0.321 e. The van der Waals surface area contributed by atoms with Gasteiger partial charge in [0.05, 0.1) is 7.11 Å². The summed E-state index contributed by atoms with van der Waals surface area (Å²) in [7, 11) is 1.61. The van der Waals surface area contributed by atoms with Crippen molar-refractivity contribution in [3.63, 3.8) is 0 Å². The number of phenols is 1. The van der Waals surface area contributed by atoms with Gasteiger partial charge in [-0.2, -0.15) is 0 Å². The SMILES string of the molecule is COc1cccc(NC(=O)N2CCC(CCc3ccc(O)cc3)CC2)c1. The molecule has 0 spiro atoms. The third-order valence-corrected chi connectivity index (χ3v) is 5.00. The summed E-state index contributed by atoms with van der Waals surface area (Å²) in [6, 6.07) is 14.8. The first-order valence-corrected chi connectivity index (χ1v) is 9.12. The molecule has 2 aromatic carbocycles. The van der Waals surface area contributed by atoms with Crippen LogP contribution >= 0.6 is 0 Å². The lowest BCUT2D eigenvalue weighted by Crippen LogP contribution is -2.41. The molecule has 0 aromatic heterocycles. The number of methoxy groups -OCH3 is 1. The van der Waals surface area contributed by atoms with Crippen molar-refractivity contribution in [2.75, 3.05) is 25.5 Å². The van der Waals surface area contributed by atoms with Crippen LogP contribution in [0.25, 0.3) is 0 Å². The Morgan fingerprint density at radius 2 is 1.92 bits per heavy atom. The van der Waals surface area contributed by atoms with Crippen LogP contribution in [0.15, 0.2) is 48.5 Å². The van der Waals surface area contributed by atoms with Crippen molar-refractivity contribution in [2.45, 2.75) is 25.7 Å². The number of benzene rings is 2. The second-order valence-electron chi connectivity index (χ2n) is 6.80. The molecule has 1 aliphatic heterocycles. The number of piperidine rings is 1. The lowest BCUT2D eigenvalue weighted by molar-refractivity contribution is 0.180. The van der Waals surface area contributed by atoms with E-state index in [0.29, 0.717) is 11.7 Å². The van der Waals surface area contributed by atoms with Gasteiger partial charge >= 0.3 is 6.03 Å². The van der Waals surface area contributed by atoms with Gasteiger partial charge < -0.3 is 20.1 Å². The van der Waals surface area contributed by atoms with E-state index in [4.69, 9.17) is 4.74 Å². The Morgan fingerprint density at radius 1 is 1.19 bits per heavy atom. The molecule has 2 N–H and O–H groups in total. The van der Waals surface area contributed by atoms with E-state index in [2.05, 4.69) is 5.32 Å². The summed E-state index contributed by atoms with van der Waals surface area (Å²) in [5.41, 5.74) is 2.00. The van der Waals surface area contributed by atoms with Crippen LogP contribution in [0.2, 0.25) is 0 Å². The summed E-state index contributed by atoms with van der Waals surface area (Å²) in [4.78, 5) is 14.3. The molecule has 0 unspecified atom stereocenters. The number of likely N-dealkylation sites (tertiary alicyclic amines) is 1. The zero-order valence-electron chi connectivity index (χ0n) is 15.1. The second-order valence-corrected chi connectivity index (χ2v) is 6.80. The third kappa shape index (κ3) is 4.91. The number of hydrogen-bond donors (Lipinski definition) is 2. The fourth-order valence-corrected chi connectivity index (χ4v) is 3.36. The Kier molecular flexibility index (Phi) is 6.00. The van der Waals surface area contributed by atoms with E-state index in [1.54, 1.807) is 19.2 Å². The molecular weight excluding hydrogens is 328 g/mol. The number of carbonyl (C=O) groups is 1. The molecule has 2 aromatic rings. The number of aryl methyl sites for hydroxylation is 1. The van der Waals surface area contributed by atoms with Gasteiger partial charge in [-0.05, 0) is 61.4 Å². The third-order valence-electron chi connectivity index (χ3n) is 5.00. The molecule has 138 valence electrons. The number of rotatable bonds is 5. The number of phenolic OH excluding ortho intramolecular Hbond substituents is 1. The number of carbonyl (C=O) groups excluding carboxylic acids is 1. The average Bonchev–Trinajstić information content (AvgIpc) is 2.68. The predicted octanol–water partition coefficient (Wildman–Crippen LogP) is 4.28. The molecule has 3 rings (SSSR count). The molecule has 5 heteroatoms. The smallest absolute Gasteiger partial charge is 0.321 e. The van der Waals surface area contributed by atoms with Crippen molar-refractivity contribution in [1.29, 1.82) is 0 Å². The first-order valence-electron chi connectivity index (χ1n) is 9.12. The van der Waals surface area contributed by atoms with Gasteiger partial charge in [0, 0.05) is 24.8 Å². The normalized spacial score (nSPS) is 14.9. The molecule has 0 bridgehead atoms. The van der Waals surface area contributed by atoms with Crippen LogP contribution in [0.3, 0.4) is 0 Å². The highest BCUT2D eigenvalue weighted by molar-refractivity contribution is 5.89. The Labute approximate surface area is 154 Å².